The zero-order chi connectivity index (χ0) is 23.5. The van der Waals surface area contributed by atoms with Crippen molar-refractivity contribution in [1.29, 1.82) is 0 Å². The molecule has 1 aliphatic rings. The molecule has 0 atom stereocenters. The van der Waals surface area contributed by atoms with Crippen LogP contribution in [0.1, 0.15) is 83.4 Å². The van der Waals surface area contributed by atoms with Crippen molar-refractivity contribution >= 4 is 17.8 Å². The SMILES string of the molecule is Cc1cc(CC(=O)Nc2cc([C@H]3CC[C@@H](OC(=O)NC(C)C)CC3)nn2C(C)(C)C)on1. The molecule has 2 N–H and O–H groups in total. The number of carbonyl (C=O) groups is 2. The number of nitrogens with zero attached hydrogens (tertiary/aromatic N) is 3. The molecular formula is C23H35N5O4. The summed E-state index contributed by atoms with van der Waals surface area (Å²) in [7, 11) is 0. The molecule has 0 aromatic carbocycles. The number of ether oxygens (including phenoxy) is 1. The molecule has 0 bridgehead atoms. The zero-order valence-corrected chi connectivity index (χ0v) is 19.9. The number of hydrogen-bond acceptors (Lipinski definition) is 6. The van der Waals surface area contributed by atoms with Crippen LogP contribution in [0.3, 0.4) is 0 Å². The summed E-state index contributed by atoms with van der Waals surface area (Å²) in [5, 5.41) is 14.4. The molecule has 9 heteroatoms. The molecule has 176 valence electrons. The maximum absolute atomic E-state index is 12.6. The fourth-order valence-electron chi connectivity index (χ4n) is 3.94. The zero-order valence-electron chi connectivity index (χ0n) is 19.9. The number of alkyl carbamates (subject to hydrolysis) is 1. The van der Waals surface area contributed by atoms with Gasteiger partial charge in [-0.1, -0.05) is 5.16 Å². The largest absolute Gasteiger partial charge is 0.446 e. The first-order valence-corrected chi connectivity index (χ1v) is 11.3. The van der Waals surface area contributed by atoms with E-state index in [0.29, 0.717) is 11.6 Å². The summed E-state index contributed by atoms with van der Waals surface area (Å²) in [5.74, 6) is 1.29. The molecule has 0 radical (unpaired) electrons. The molecule has 32 heavy (non-hydrogen) atoms. The standard InChI is InChI=1S/C23H35N5O4/c1-14(2)24-22(30)31-17-9-7-16(8-10-17)19-13-20(28(26-19)23(4,5)6)25-21(29)12-18-11-15(3)27-32-18/h11,13-14,16-17H,7-10,12H2,1-6H3,(H,24,30)(H,25,29)/t16-,17+. The first-order valence-electron chi connectivity index (χ1n) is 11.3. The van der Waals surface area contributed by atoms with E-state index in [2.05, 4.69) is 36.6 Å². The Hall–Kier alpha value is -2.84. The minimum atomic E-state index is -0.354. The Morgan fingerprint density at radius 3 is 2.47 bits per heavy atom. The van der Waals surface area contributed by atoms with Gasteiger partial charge in [0.05, 0.1) is 23.3 Å². The van der Waals surface area contributed by atoms with E-state index in [1.807, 2.05) is 31.5 Å². The summed E-state index contributed by atoms with van der Waals surface area (Å²) < 4.78 is 12.6. The molecule has 0 saturated heterocycles. The Kier molecular flexibility index (Phi) is 7.26. The Balaban J connectivity index is 1.64. The normalized spacial score (nSPS) is 19.1. The van der Waals surface area contributed by atoms with Crippen LogP contribution in [0, 0.1) is 6.92 Å². The molecule has 3 rings (SSSR count). The highest BCUT2D eigenvalue weighted by molar-refractivity contribution is 5.91. The van der Waals surface area contributed by atoms with Crippen LogP contribution in [0.15, 0.2) is 16.7 Å². The van der Waals surface area contributed by atoms with Crippen molar-refractivity contribution in [3.05, 3.63) is 29.3 Å². The van der Waals surface area contributed by atoms with Crippen molar-refractivity contribution in [2.24, 2.45) is 0 Å². The van der Waals surface area contributed by atoms with Crippen LogP contribution in [0.2, 0.25) is 0 Å². The highest BCUT2D eigenvalue weighted by Crippen LogP contribution is 2.35. The lowest BCUT2D eigenvalue weighted by atomic mass is 9.85. The maximum Gasteiger partial charge on any atom is 0.407 e. The summed E-state index contributed by atoms with van der Waals surface area (Å²) in [4.78, 5) is 24.5. The van der Waals surface area contributed by atoms with Gasteiger partial charge >= 0.3 is 6.09 Å². The number of anilines is 1. The highest BCUT2D eigenvalue weighted by atomic mass is 16.6. The summed E-state index contributed by atoms with van der Waals surface area (Å²) in [6.45, 7) is 11.8. The van der Waals surface area contributed by atoms with Crippen molar-refractivity contribution < 1.29 is 18.8 Å². The van der Waals surface area contributed by atoms with Gasteiger partial charge in [-0.05, 0) is 67.2 Å². The molecule has 1 aliphatic carbocycles. The molecule has 2 amide bonds. The molecule has 1 saturated carbocycles. The van der Waals surface area contributed by atoms with E-state index >= 15 is 0 Å². The predicted molar refractivity (Wildman–Crippen MR) is 121 cm³/mol. The first kappa shape index (κ1) is 23.8. The van der Waals surface area contributed by atoms with Crippen LogP contribution < -0.4 is 10.6 Å². The molecule has 9 nitrogen and oxygen atoms in total. The number of aryl methyl sites for hydroxylation is 1. The van der Waals surface area contributed by atoms with Gasteiger partial charge in [0, 0.05) is 24.1 Å². The molecule has 1 fully saturated rings. The van der Waals surface area contributed by atoms with Gasteiger partial charge in [0.2, 0.25) is 5.91 Å². The fraction of sp³-hybridized carbons (Fsp3) is 0.652. The average molecular weight is 446 g/mol. The lowest BCUT2D eigenvalue weighted by Gasteiger charge is -2.28. The average Bonchev–Trinajstić information content (AvgIpc) is 3.27. The molecule has 2 aromatic heterocycles. The second kappa shape index (κ2) is 9.75. The number of rotatable bonds is 6. The first-order chi connectivity index (χ1) is 15.0. The molecule has 0 aliphatic heterocycles. The highest BCUT2D eigenvalue weighted by Gasteiger charge is 2.29. The topological polar surface area (TPSA) is 111 Å². The third-order valence-corrected chi connectivity index (χ3v) is 5.42. The van der Waals surface area contributed by atoms with E-state index in [1.54, 1.807) is 6.07 Å². The minimum Gasteiger partial charge on any atom is -0.446 e. The molecular weight excluding hydrogens is 410 g/mol. The van der Waals surface area contributed by atoms with Crippen molar-refractivity contribution in [2.45, 2.75) is 97.2 Å². The Bertz CT molecular complexity index is 933. The Labute approximate surface area is 189 Å². The minimum absolute atomic E-state index is 0.0573. The number of aromatic nitrogens is 3. The van der Waals surface area contributed by atoms with Crippen molar-refractivity contribution in [3.63, 3.8) is 0 Å². The van der Waals surface area contributed by atoms with Crippen molar-refractivity contribution in [1.82, 2.24) is 20.3 Å². The van der Waals surface area contributed by atoms with E-state index < -0.39 is 0 Å². The smallest absolute Gasteiger partial charge is 0.407 e. The monoisotopic (exact) mass is 445 g/mol. The third-order valence-electron chi connectivity index (χ3n) is 5.42. The lowest BCUT2D eigenvalue weighted by molar-refractivity contribution is -0.115. The lowest BCUT2D eigenvalue weighted by Crippen LogP contribution is -2.35. The Morgan fingerprint density at radius 1 is 1.22 bits per heavy atom. The van der Waals surface area contributed by atoms with Crippen LogP contribution >= 0.6 is 0 Å². The molecule has 0 unspecified atom stereocenters. The summed E-state index contributed by atoms with van der Waals surface area (Å²) in [5.41, 5.74) is 1.41. The predicted octanol–water partition coefficient (Wildman–Crippen LogP) is 4.28. The van der Waals surface area contributed by atoms with Gasteiger partial charge in [-0.25, -0.2) is 9.48 Å². The van der Waals surface area contributed by atoms with Gasteiger partial charge in [0.15, 0.2) is 0 Å². The second-order valence-corrected chi connectivity index (χ2v) is 9.87. The fourth-order valence-corrected chi connectivity index (χ4v) is 3.94. The summed E-state index contributed by atoms with van der Waals surface area (Å²) in [6.07, 6.45) is 3.05. The van der Waals surface area contributed by atoms with Gasteiger partial charge in [-0.2, -0.15) is 5.10 Å². The van der Waals surface area contributed by atoms with Crippen molar-refractivity contribution in [3.8, 4) is 0 Å². The van der Waals surface area contributed by atoms with Crippen LogP contribution in [-0.2, 0) is 21.5 Å². The quantitative estimate of drug-likeness (QED) is 0.687. The van der Waals surface area contributed by atoms with E-state index in [9.17, 15) is 9.59 Å². The number of carbonyl (C=O) groups excluding carboxylic acids is 2. The second-order valence-electron chi connectivity index (χ2n) is 9.87. The van der Waals surface area contributed by atoms with Gasteiger partial charge in [-0.3, -0.25) is 4.79 Å². The number of amides is 2. The summed E-state index contributed by atoms with van der Waals surface area (Å²) >= 11 is 0. The van der Waals surface area contributed by atoms with E-state index in [1.165, 1.54) is 0 Å². The maximum atomic E-state index is 12.6. The van der Waals surface area contributed by atoms with Crippen LogP contribution in [0.25, 0.3) is 0 Å². The van der Waals surface area contributed by atoms with E-state index in [4.69, 9.17) is 14.4 Å². The van der Waals surface area contributed by atoms with E-state index in [-0.39, 0.29) is 42.0 Å². The van der Waals surface area contributed by atoms with Gasteiger partial charge in [0.1, 0.15) is 17.7 Å². The van der Waals surface area contributed by atoms with Crippen LogP contribution in [0.4, 0.5) is 10.6 Å². The van der Waals surface area contributed by atoms with Gasteiger partial charge in [-0.15, -0.1) is 0 Å². The third kappa shape index (κ3) is 6.34. The number of nitrogens with one attached hydrogen (secondary N) is 2. The molecule has 0 spiro atoms. The van der Waals surface area contributed by atoms with Crippen molar-refractivity contribution in [2.75, 3.05) is 5.32 Å². The Morgan fingerprint density at radius 2 is 1.91 bits per heavy atom. The van der Waals surface area contributed by atoms with Crippen LogP contribution in [0.5, 0.6) is 0 Å². The van der Waals surface area contributed by atoms with E-state index in [0.717, 1.165) is 37.1 Å². The molecule has 2 heterocycles. The van der Waals surface area contributed by atoms with Gasteiger partial charge in [0.25, 0.3) is 0 Å². The summed E-state index contributed by atoms with van der Waals surface area (Å²) in [6, 6.07) is 3.78. The van der Waals surface area contributed by atoms with Crippen LogP contribution in [-0.4, -0.2) is 39.1 Å². The van der Waals surface area contributed by atoms with Gasteiger partial charge < -0.3 is 19.9 Å². The molecule has 2 aromatic rings. The number of hydrogen-bond donors (Lipinski definition) is 2.